The molecule has 0 spiro atoms. The van der Waals surface area contributed by atoms with Crippen LogP contribution in [0.1, 0.15) is 70.6 Å². The predicted octanol–water partition coefficient (Wildman–Crippen LogP) is 11.0. The van der Waals surface area contributed by atoms with Gasteiger partial charge in [0.2, 0.25) is 6.04 Å². The maximum Gasteiger partial charge on any atom is 0.269 e. The summed E-state index contributed by atoms with van der Waals surface area (Å²) in [6.07, 6.45) is 16.6. The molecule has 51 heavy (non-hydrogen) atoms. The average Bonchev–Trinajstić information content (AvgIpc) is 3.16. The Morgan fingerprint density at radius 1 is 0.824 bits per heavy atom. The number of halogens is 2. The van der Waals surface area contributed by atoms with Crippen molar-refractivity contribution in [2.75, 3.05) is 19.6 Å². The topological polar surface area (TPSA) is 192 Å². The number of rotatable bonds is 8. The van der Waals surface area contributed by atoms with Gasteiger partial charge in [-0.15, -0.1) is 25.7 Å². The third-order valence-electron chi connectivity index (χ3n) is 8.03. The molecule has 17 heteroatoms. The molecule has 2 saturated carbocycles. The van der Waals surface area contributed by atoms with Crippen molar-refractivity contribution in [3.05, 3.63) is 120 Å². The number of nitro benzene ring substituents is 1. The third kappa shape index (κ3) is 18.0. The maximum absolute atomic E-state index is 13.5. The van der Waals surface area contributed by atoms with Gasteiger partial charge in [0, 0.05) is 62.0 Å². The van der Waals surface area contributed by atoms with E-state index in [1.807, 2.05) is 18.2 Å². The van der Waals surface area contributed by atoms with Gasteiger partial charge >= 0.3 is 0 Å². The van der Waals surface area contributed by atoms with Crippen LogP contribution in [0.25, 0.3) is 21.5 Å². The van der Waals surface area contributed by atoms with Gasteiger partial charge in [0.25, 0.3) is 5.69 Å². The van der Waals surface area contributed by atoms with E-state index in [2.05, 4.69) is 42.2 Å². The number of piperidine rings is 1. The second kappa shape index (κ2) is 25.7. The normalized spacial score (nSPS) is 22.3. The number of allylic oxidation sites excluding steroid dienone is 2. The largest absolute Gasteiger partial charge is 0.687 e. The molecule has 0 amide bonds. The molecule has 6 rings (SSSR count). The van der Waals surface area contributed by atoms with Crippen molar-refractivity contribution in [2.45, 2.75) is 94.9 Å². The summed E-state index contributed by atoms with van der Waals surface area (Å²) >= 11 is 0. The Morgan fingerprint density at radius 2 is 1.53 bits per heavy atom. The van der Waals surface area contributed by atoms with Gasteiger partial charge in [-0.3, -0.25) is 30.7 Å². The maximum atomic E-state index is 13.5. The zero-order valence-corrected chi connectivity index (χ0v) is 29.9. The molecule has 0 aromatic heterocycles. The third-order valence-corrected chi connectivity index (χ3v) is 8.03. The number of hydrogen-bond donors (Lipinski definition) is 0. The fourth-order valence-corrected chi connectivity index (χ4v) is 5.15. The van der Waals surface area contributed by atoms with E-state index in [0.29, 0.717) is 37.8 Å². The first-order valence-electron chi connectivity index (χ1n) is 16.9. The van der Waals surface area contributed by atoms with Crippen LogP contribution in [-0.2, 0) is 20.4 Å². The average molecular weight is 801 g/mol. The van der Waals surface area contributed by atoms with E-state index >= 15 is 0 Å². The molecule has 0 radical (unpaired) electrons. The van der Waals surface area contributed by atoms with Crippen molar-refractivity contribution in [3.8, 4) is 0 Å². The molecule has 2 aromatic rings. The molecular formula is C34H44F2N10O4Pd-4. The molecule has 1 saturated heterocycles. The number of nitrogens with zero attached hydrogens (tertiary/aromatic N) is 10. The number of alkyl halides is 1. The van der Waals surface area contributed by atoms with Gasteiger partial charge in [-0.2, -0.15) is 6.20 Å². The van der Waals surface area contributed by atoms with Crippen molar-refractivity contribution in [1.82, 2.24) is 0 Å². The van der Waals surface area contributed by atoms with Gasteiger partial charge in [0.05, 0.1) is 4.92 Å². The summed E-state index contributed by atoms with van der Waals surface area (Å²) in [5.41, 5.74) is 8.22. The monoisotopic (exact) mass is 800 g/mol. The zero-order chi connectivity index (χ0) is 35.8. The first-order chi connectivity index (χ1) is 24.3. The Hall–Kier alpha value is -4.20. The minimum Gasteiger partial charge on any atom is -0.687 e. The summed E-state index contributed by atoms with van der Waals surface area (Å²) in [6, 6.07) is 10.6. The molecule has 2 atom stereocenters. The van der Waals surface area contributed by atoms with E-state index in [4.69, 9.17) is 0 Å². The number of nitro groups is 2. The smallest absolute Gasteiger partial charge is 0.269 e. The first kappa shape index (κ1) is 43.0. The number of benzene rings is 2. The Morgan fingerprint density at radius 3 is 2.04 bits per heavy atom. The molecule has 0 N–H and O–H groups in total. The molecule has 14 nitrogen and oxygen atoms in total. The van der Waals surface area contributed by atoms with Gasteiger partial charge < -0.3 is 31.7 Å². The minimum atomic E-state index is -0.891. The van der Waals surface area contributed by atoms with Crippen LogP contribution >= 0.6 is 0 Å². The van der Waals surface area contributed by atoms with E-state index in [1.165, 1.54) is 55.7 Å². The molecule has 2 aliphatic carbocycles. The summed E-state index contributed by atoms with van der Waals surface area (Å²) in [7, 11) is 0. The van der Waals surface area contributed by atoms with Crippen LogP contribution in [0.5, 0.6) is 0 Å². The van der Waals surface area contributed by atoms with Crippen LogP contribution < -0.4 is 0 Å². The molecule has 282 valence electrons. The van der Waals surface area contributed by atoms with Gasteiger partial charge in [-0.25, -0.2) is 8.78 Å². The quantitative estimate of drug-likeness (QED) is 0.111. The fourth-order valence-electron chi connectivity index (χ4n) is 5.15. The first-order valence-corrected chi connectivity index (χ1v) is 16.9. The SMILES string of the molecule is C1=CC[N-]C=C1.C1CC[N-]CC1.O=[N+]([O-])C1CCC([N-]N=NC2CCCCC2F)CC1.O=[N+]([O-])c1ccc([N-]N=Nc2ccccc2F)cc1.[Pd]. The second-order valence-electron chi connectivity index (χ2n) is 11.8. The van der Waals surface area contributed by atoms with Gasteiger partial charge in [0.15, 0.2) is 0 Å². The number of hydrogen-bond acceptors (Lipinski definition) is 8. The molecule has 2 heterocycles. The summed E-state index contributed by atoms with van der Waals surface area (Å²) in [5.74, 6) is -0.495. The van der Waals surface area contributed by atoms with E-state index in [9.17, 15) is 29.0 Å². The van der Waals surface area contributed by atoms with Gasteiger partial charge in [-0.05, 0) is 43.5 Å². The van der Waals surface area contributed by atoms with Gasteiger partial charge in [0.1, 0.15) is 12.0 Å². The van der Waals surface area contributed by atoms with Crippen molar-refractivity contribution in [3.63, 3.8) is 0 Å². The van der Waals surface area contributed by atoms with Crippen molar-refractivity contribution in [1.29, 1.82) is 0 Å². The second-order valence-corrected chi connectivity index (χ2v) is 11.8. The zero-order valence-electron chi connectivity index (χ0n) is 28.3. The fraction of sp³-hybridized carbons (Fsp3) is 0.529. The Kier molecular flexibility index (Phi) is 21.7. The van der Waals surface area contributed by atoms with Crippen LogP contribution in [-0.4, -0.2) is 53.8 Å². The standard InChI is InChI=1S/C12H20FN4O2.C12H8FN4O2.C5H10N.C5H6N.Pd/c2*13-11-3-1-2-4-12(11)15-16-14-9-5-7-10(8-6-9)17(18)19;2*1-2-4-6-5-3-1;/h9-12H,1-8H2;1-8H;1-5H2;1-4H,5H2;/q4*-1;. The predicted molar refractivity (Wildman–Crippen MR) is 189 cm³/mol. The van der Waals surface area contributed by atoms with Crippen molar-refractivity contribution >= 4 is 17.1 Å². The molecule has 0 bridgehead atoms. The van der Waals surface area contributed by atoms with Gasteiger partial charge in [-0.1, -0.05) is 74.6 Å². The summed E-state index contributed by atoms with van der Waals surface area (Å²) in [6.45, 7) is 3.11. The van der Waals surface area contributed by atoms with Crippen LogP contribution in [0.4, 0.5) is 25.8 Å². The molecule has 4 aliphatic rings. The summed E-state index contributed by atoms with van der Waals surface area (Å²) < 4.78 is 26.7. The Bertz CT molecular complexity index is 1380. The molecule has 2 aromatic carbocycles. The van der Waals surface area contributed by atoms with E-state index in [0.717, 1.165) is 38.9 Å². The molecule has 2 unspecified atom stereocenters. The summed E-state index contributed by atoms with van der Waals surface area (Å²) in [4.78, 5) is 20.3. The Balaban J connectivity index is 0.000000263. The van der Waals surface area contributed by atoms with Crippen LogP contribution in [0, 0.1) is 26.0 Å². The van der Waals surface area contributed by atoms with E-state index in [1.54, 1.807) is 18.3 Å². The van der Waals surface area contributed by atoms with Crippen molar-refractivity contribution < 1.29 is 39.1 Å². The Labute approximate surface area is 311 Å². The molecular weight excluding hydrogens is 757 g/mol. The molecule has 2 aliphatic heterocycles. The van der Waals surface area contributed by atoms with E-state index in [-0.39, 0.29) is 48.8 Å². The summed E-state index contributed by atoms with van der Waals surface area (Å²) in [5, 5.41) is 44.0. The van der Waals surface area contributed by atoms with Crippen LogP contribution in [0.2, 0.25) is 0 Å². The van der Waals surface area contributed by atoms with E-state index < -0.39 is 23.0 Å². The minimum absolute atomic E-state index is 0. The van der Waals surface area contributed by atoms with Crippen molar-refractivity contribution in [2.24, 2.45) is 20.7 Å². The molecule has 3 fully saturated rings. The van der Waals surface area contributed by atoms with Crippen LogP contribution in [0.15, 0.2) is 93.6 Å². The van der Waals surface area contributed by atoms with Crippen LogP contribution in [0.3, 0.4) is 0 Å². The number of non-ortho nitro benzene ring substituents is 1.